The zero-order chi connectivity index (χ0) is 12.7. The molecule has 0 radical (unpaired) electrons. The number of carbonyl (C=O) groups excluding carboxylic acids is 1. The number of nitrogens with zero attached hydrogens (tertiary/aromatic N) is 2. The van der Waals surface area contributed by atoms with Gasteiger partial charge >= 0.3 is 5.97 Å². The molecule has 0 fully saturated rings. The van der Waals surface area contributed by atoms with E-state index in [4.69, 9.17) is 5.11 Å². The van der Waals surface area contributed by atoms with Crippen LogP contribution in [-0.2, 0) is 16.1 Å². The molecule has 1 heterocycles. The molecule has 0 aromatic carbocycles. The lowest BCUT2D eigenvalue weighted by molar-refractivity contribution is -0.142. The first-order chi connectivity index (χ1) is 8.13. The van der Waals surface area contributed by atoms with Gasteiger partial charge < -0.3 is 10.4 Å². The highest BCUT2D eigenvalue weighted by Crippen LogP contribution is 1.98. The molecule has 0 spiro atoms. The summed E-state index contributed by atoms with van der Waals surface area (Å²) in [6.07, 6.45) is 5.69. The molecule has 1 atom stereocenters. The van der Waals surface area contributed by atoms with Crippen molar-refractivity contribution in [2.45, 2.75) is 25.4 Å². The standard InChI is InChI=1S/C11H15N3O3/c1-2-3-5-9(11(16)17)13-10(15)8-14-7-4-6-12-14/h2,4,6-7,9H,1,3,5,8H2,(H,13,15)(H,16,17). The summed E-state index contributed by atoms with van der Waals surface area (Å²) in [5.74, 6) is -1.41. The highest BCUT2D eigenvalue weighted by molar-refractivity contribution is 5.83. The van der Waals surface area contributed by atoms with Crippen LogP contribution in [0.15, 0.2) is 31.1 Å². The maximum Gasteiger partial charge on any atom is 0.326 e. The number of carboxylic acids is 1. The fourth-order valence-corrected chi connectivity index (χ4v) is 1.32. The van der Waals surface area contributed by atoms with Crippen molar-refractivity contribution in [3.8, 4) is 0 Å². The molecule has 1 aromatic heterocycles. The summed E-state index contributed by atoms with van der Waals surface area (Å²) in [5, 5.41) is 15.2. The zero-order valence-electron chi connectivity index (χ0n) is 9.37. The summed E-state index contributed by atoms with van der Waals surface area (Å²) in [4.78, 5) is 22.4. The molecule has 1 rings (SSSR count). The van der Waals surface area contributed by atoms with E-state index in [9.17, 15) is 9.59 Å². The van der Waals surface area contributed by atoms with Gasteiger partial charge in [-0.15, -0.1) is 6.58 Å². The second-order valence-electron chi connectivity index (χ2n) is 3.53. The lowest BCUT2D eigenvalue weighted by Crippen LogP contribution is -2.42. The number of aliphatic carboxylic acids is 1. The van der Waals surface area contributed by atoms with Crippen molar-refractivity contribution in [3.05, 3.63) is 31.1 Å². The lowest BCUT2D eigenvalue weighted by Gasteiger charge is -2.13. The van der Waals surface area contributed by atoms with Crippen LogP contribution in [0, 0.1) is 0 Å². The maximum atomic E-state index is 11.5. The SMILES string of the molecule is C=CCCC(NC(=O)Cn1cccn1)C(=O)O. The summed E-state index contributed by atoms with van der Waals surface area (Å²) < 4.78 is 1.43. The average molecular weight is 237 g/mol. The second kappa shape index (κ2) is 6.47. The first-order valence-electron chi connectivity index (χ1n) is 5.24. The van der Waals surface area contributed by atoms with Gasteiger partial charge in [0.15, 0.2) is 0 Å². The largest absolute Gasteiger partial charge is 0.480 e. The first-order valence-corrected chi connectivity index (χ1v) is 5.24. The van der Waals surface area contributed by atoms with Crippen molar-refractivity contribution in [3.63, 3.8) is 0 Å². The van der Waals surface area contributed by atoms with Crippen LogP contribution < -0.4 is 5.32 Å². The van der Waals surface area contributed by atoms with Gasteiger partial charge in [0.2, 0.25) is 5.91 Å². The monoisotopic (exact) mass is 237 g/mol. The molecule has 6 nitrogen and oxygen atoms in total. The minimum absolute atomic E-state index is 0.0187. The van der Waals surface area contributed by atoms with Gasteiger partial charge in [-0.25, -0.2) is 4.79 Å². The fraction of sp³-hybridized carbons (Fsp3) is 0.364. The Bertz CT molecular complexity index is 387. The van der Waals surface area contributed by atoms with Crippen LogP contribution in [0.2, 0.25) is 0 Å². The zero-order valence-corrected chi connectivity index (χ0v) is 9.37. The molecular weight excluding hydrogens is 222 g/mol. The first kappa shape index (κ1) is 13.0. The van der Waals surface area contributed by atoms with Gasteiger partial charge in [0, 0.05) is 12.4 Å². The molecule has 1 unspecified atom stereocenters. The van der Waals surface area contributed by atoms with Gasteiger partial charge in [0.1, 0.15) is 12.6 Å². The molecule has 17 heavy (non-hydrogen) atoms. The van der Waals surface area contributed by atoms with E-state index in [0.717, 1.165) is 0 Å². The Morgan fingerprint density at radius 2 is 2.35 bits per heavy atom. The van der Waals surface area contributed by atoms with Crippen LogP contribution in [0.25, 0.3) is 0 Å². The predicted molar refractivity (Wildman–Crippen MR) is 61.2 cm³/mol. The molecule has 1 aromatic rings. The van der Waals surface area contributed by atoms with Crippen molar-refractivity contribution in [1.82, 2.24) is 15.1 Å². The molecule has 0 aliphatic heterocycles. The van der Waals surface area contributed by atoms with E-state index in [-0.39, 0.29) is 12.5 Å². The third-order valence-corrected chi connectivity index (χ3v) is 2.16. The second-order valence-corrected chi connectivity index (χ2v) is 3.53. The number of amides is 1. The van der Waals surface area contributed by atoms with E-state index in [1.165, 1.54) is 4.68 Å². The number of carboxylic acid groups (broad SMARTS) is 1. The normalized spacial score (nSPS) is 11.8. The predicted octanol–water partition coefficient (Wildman–Crippen LogP) is 0.419. The van der Waals surface area contributed by atoms with Gasteiger partial charge in [0.25, 0.3) is 0 Å². The van der Waals surface area contributed by atoms with E-state index >= 15 is 0 Å². The summed E-state index contributed by atoms with van der Waals surface area (Å²) in [6.45, 7) is 3.53. The van der Waals surface area contributed by atoms with Gasteiger partial charge in [-0.05, 0) is 18.9 Å². The van der Waals surface area contributed by atoms with Gasteiger partial charge in [-0.3, -0.25) is 9.48 Å². The van der Waals surface area contributed by atoms with Crippen LogP contribution in [0.4, 0.5) is 0 Å². The number of rotatable bonds is 7. The van der Waals surface area contributed by atoms with E-state index in [0.29, 0.717) is 12.8 Å². The number of hydrogen-bond acceptors (Lipinski definition) is 3. The van der Waals surface area contributed by atoms with Gasteiger partial charge in [-0.1, -0.05) is 6.08 Å². The minimum atomic E-state index is -1.04. The fourth-order valence-electron chi connectivity index (χ4n) is 1.32. The molecule has 0 saturated carbocycles. The summed E-state index contributed by atoms with van der Waals surface area (Å²) >= 11 is 0. The van der Waals surface area contributed by atoms with Crippen LogP contribution in [0.3, 0.4) is 0 Å². The van der Waals surface area contributed by atoms with E-state index in [2.05, 4.69) is 17.0 Å². The highest BCUT2D eigenvalue weighted by atomic mass is 16.4. The Kier molecular flexibility index (Phi) is 4.93. The number of carbonyl (C=O) groups is 2. The number of allylic oxidation sites excluding steroid dienone is 1. The van der Waals surface area contributed by atoms with Crippen molar-refractivity contribution < 1.29 is 14.7 Å². The minimum Gasteiger partial charge on any atom is -0.480 e. The molecule has 1 amide bonds. The molecule has 0 saturated heterocycles. The topological polar surface area (TPSA) is 84.2 Å². The third-order valence-electron chi connectivity index (χ3n) is 2.16. The molecule has 0 aliphatic carbocycles. The van der Waals surface area contributed by atoms with Crippen LogP contribution >= 0.6 is 0 Å². The van der Waals surface area contributed by atoms with E-state index in [1.54, 1.807) is 24.5 Å². The molecule has 2 N–H and O–H groups in total. The van der Waals surface area contributed by atoms with Crippen LogP contribution in [-0.4, -0.2) is 32.8 Å². The molecule has 6 heteroatoms. The molecule has 92 valence electrons. The summed E-state index contributed by atoms with van der Waals surface area (Å²) in [7, 11) is 0. The third kappa shape index (κ3) is 4.50. The Morgan fingerprint density at radius 1 is 1.59 bits per heavy atom. The Morgan fingerprint density at radius 3 is 2.88 bits per heavy atom. The van der Waals surface area contributed by atoms with Gasteiger partial charge in [-0.2, -0.15) is 5.10 Å². The molecule has 0 bridgehead atoms. The van der Waals surface area contributed by atoms with E-state index < -0.39 is 12.0 Å². The quantitative estimate of drug-likeness (QED) is 0.673. The van der Waals surface area contributed by atoms with E-state index in [1.807, 2.05) is 0 Å². The summed E-state index contributed by atoms with van der Waals surface area (Å²) in [5.41, 5.74) is 0. The smallest absolute Gasteiger partial charge is 0.326 e. The maximum absolute atomic E-state index is 11.5. The Balaban J connectivity index is 2.46. The number of aromatic nitrogens is 2. The molecule has 0 aliphatic rings. The van der Waals surface area contributed by atoms with Gasteiger partial charge in [0.05, 0.1) is 0 Å². The van der Waals surface area contributed by atoms with Crippen molar-refractivity contribution >= 4 is 11.9 Å². The van der Waals surface area contributed by atoms with Crippen LogP contribution in [0.5, 0.6) is 0 Å². The Hall–Kier alpha value is -2.11. The number of hydrogen-bond donors (Lipinski definition) is 2. The number of nitrogens with one attached hydrogen (secondary N) is 1. The van der Waals surface area contributed by atoms with Crippen molar-refractivity contribution in [2.75, 3.05) is 0 Å². The average Bonchev–Trinajstić information content (AvgIpc) is 2.76. The molecular formula is C11H15N3O3. The lowest BCUT2D eigenvalue weighted by atomic mass is 10.1. The Labute approximate surface area is 98.9 Å². The highest BCUT2D eigenvalue weighted by Gasteiger charge is 2.18. The van der Waals surface area contributed by atoms with Crippen LogP contribution in [0.1, 0.15) is 12.8 Å². The van der Waals surface area contributed by atoms with Crippen molar-refractivity contribution in [1.29, 1.82) is 0 Å². The van der Waals surface area contributed by atoms with Crippen molar-refractivity contribution in [2.24, 2.45) is 0 Å². The summed E-state index contributed by atoms with van der Waals surface area (Å²) in [6, 6.07) is 0.815.